The number of anilines is 1. The lowest BCUT2D eigenvalue weighted by Crippen LogP contribution is -2.46. The molecule has 2 unspecified atom stereocenters. The molecular weight excluding hydrogens is 1120 g/mol. The number of phosphoric acid groups is 3. The molecule has 0 saturated carbocycles. The van der Waals surface area contributed by atoms with Gasteiger partial charge >= 0.3 is 29.5 Å². The van der Waals surface area contributed by atoms with Gasteiger partial charge in [-0.15, -0.1) is 0 Å². The number of nitrogens with zero attached hydrogens (tertiary/aromatic N) is 4. The van der Waals surface area contributed by atoms with Crippen molar-refractivity contribution in [1.29, 1.82) is 0 Å². The number of carbonyl (C=O) groups excluding carboxylic acids is 5. The SMILES string of the molecule is CC(C)(COP(=O)(O)OP(=O)(O)OC[C@H]1O[C@@H](n2cnc3c(N)ncnc32)[C@H](O)[C@@H]1OP(=O)(O)O)[C@@H](O)C(=O)NCCC(=O)NCCSC(=O)CCCCCCCCCCCNC(=O)CCCC[C@@H]1SC[C@@H]2NC(=O)N[C@@H]21. The number of urea groups is 1. The Morgan fingerprint density at radius 1 is 0.870 bits per heavy atom. The largest absolute Gasteiger partial charge is 0.481 e. The minimum Gasteiger partial charge on any atom is -0.386 e. The van der Waals surface area contributed by atoms with E-state index < -0.39 is 84.6 Å². The summed E-state index contributed by atoms with van der Waals surface area (Å²) in [5, 5.41) is 36.1. The van der Waals surface area contributed by atoms with Gasteiger partial charge in [-0.1, -0.05) is 77.0 Å². The molecule has 0 bridgehead atoms. The number of unbranched alkanes of at least 4 members (excludes halogenated alkanes) is 9. The molecule has 2 aromatic rings. The number of rotatable bonds is 36. The molecule has 0 spiro atoms. The van der Waals surface area contributed by atoms with Crippen LogP contribution in [-0.2, 0) is 55.5 Å². The second-order valence-electron chi connectivity index (χ2n) is 19.4. The maximum atomic E-state index is 12.8. The lowest BCUT2D eigenvalue weighted by Gasteiger charge is -2.30. The lowest BCUT2D eigenvalue weighted by molar-refractivity contribution is -0.137. The first-order chi connectivity index (χ1) is 36.3. The number of hydrogen-bond donors (Lipinski definition) is 12. The van der Waals surface area contributed by atoms with Gasteiger partial charge in [0.25, 0.3) is 0 Å². The summed E-state index contributed by atoms with van der Waals surface area (Å²) in [5.41, 5.74) is 4.26. The van der Waals surface area contributed by atoms with Crippen LogP contribution in [0.3, 0.4) is 0 Å². The molecule has 0 radical (unpaired) electrons. The van der Waals surface area contributed by atoms with Crippen LogP contribution in [0, 0.1) is 5.41 Å². The number of amides is 5. The van der Waals surface area contributed by atoms with Crippen LogP contribution in [0.4, 0.5) is 10.6 Å². The summed E-state index contributed by atoms with van der Waals surface area (Å²) >= 11 is 3.02. The summed E-state index contributed by atoms with van der Waals surface area (Å²) in [6.07, 6.45) is 6.09. The number of hydrogen-bond acceptors (Lipinski definition) is 21. The Labute approximate surface area is 453 Å². The molecule has 3 aliphatic heterocycles. The number of imidazole rings is 1. The number of thioether (sulfide) groups is 2. The van der Waals surface area contributed by atoms with Crippen LogP contribution in [0.5, 0.6) is 0 Å². The van der Waals surface area contributed by atoms with Crippen LogP contribution in [0.1, 0.15) is 116 Å². The van der Waals surface area contributed by atoms with Crippen molar-refractivity contribution in [3.05, 3.63) is 12.7 Å². The van der Waals surface area contributed by atoms with Gasteiger partial charge in [-0.25, -0.2) is 33.4 Å². The smallest absolute Gasteiger partial charge is 0.386 e. The molecule has 5 rings (SSSR count). The Hall–Kier alpha value is -3.35. The zero-order valence-electron chi connectivity index (χ0n) is 42.8. The molecule has 0 aromatic carbocycles. The van der Waals surface area contributed by atoms with E-state index in [1.807, 2.05) is 11.8 Å². The predicted octanol–water partition coefficient (Wildman–Crippen LogP) is 2.41. The third-order valence-corrected chi connectivity index (χ3v) is 18.3. The second kappa shape index (κ2) is 30.5. The maximum absolute atomic E-state index is 12.8. The molecule has 5 amide bonds. The molecule has 3 saturated heterocycles. The molecule has 34 heteroatoms. The highest BCUT2D eigenvalue weighted by Crippen LogP contribution is 2.61. The van der Waals surface area contributed by atoms with E-state index in [4.69, 9.17) is 19.5 Å². The van der Waals surface area contributed by atoms with Gasteiger partial charge in [0.15, 0.2) is 22.8 Å². The van der Waals surface area contributed by atoms with Gasteiger partial charge in [-0.2, -0.15) is 16.1 Å². The molecule has 13 N–H and O–H groups in total. The summed E-state index contributed by atoms with van der Waals surface area (Å²) < 4.78 is 62.5. The Bertz CT molecular complexity index is 2440. The fraction of sp³-hybridized carbons (Fsp3) is 0.767. The minimum absolute atomic E-state index is 0.0269. The van der Waals surface area contributed by atoms with Crippen molar-refractivity contribution in [1.82, 2.24) is 46.1 Å². The van der Waals surface area contributed by atoms with Gasteiger partial charge in [0.05, 0.1) is 31.6 Å². The zero-order chi connectivity index (χ0) is 56.4. The molecule has 3 fully saturated rings. The number of aliphatic hydroxyl groups is 2. The summed E-state index contributed by atoms with van der Waals surface area (Å²) in [4.78, 5) is 112. The Balaban J connectivity index is 0.846. The van der Waals surface area contributed by atoms with Crippen LogP contribution < -0.4 is 32.3 Å². The van der Waals surface area contributed by atoms with Crippen molar-refractivity contribution in [3.8, 4) is 0 Å². The van der Waals surface area contributed by atoms with Crippen molar-refractivity contribution in [3.63, 3.8) is 0 Å². The number of ether oxygens (including phenoxy) is 1. The van der Waals surface area contributed by atoms with Crippen LogP contribution >= 0.6 is 47.0 Å². The van der Waals surface area contributed by atoms with Gasteiger partial charge in [0, 0.05) is 61.1 Å². The van der Waals surface area contributed by atoms with Gasteiger partial charge in [0.1, 0.15) is 36.3 Å². The fourth-order valence-corrected chi connectivity index (χ4v) is 13.7. The molecule has 77 heavy (non-hydrogen) atoms. The monoisotopic (exact) mass is 1190 g/mol. The highest BCUT2D eigenvalue weighted by molar-refractivity contribution is 8.13. The quantitative estimate of drug-likeness (QED) is 0.0265. The number of fused-ring (bicyclic) bond motifs is 2. The van der Waals surface area contributed by atoms with Crippen molar-refractivity contribution in [2.24, 2.45) is 5.41 Å². The topological polar surface area (TPSA) is 434 Å². The van der Waals surface area contributed by atoms with E-state index in [1.165, 1.54) is 13.8 Å². The second-order valence-corrected chi connectivity index (χ2v) is 26.1. The number of phosphoric ester groups is 3. The average Bonchev–Trinajstić information content (AvgIpc) is 4.13. The molecule has 10 atom stereocenters. The first-order valence-electron chi connectivity index (χ1n) is 25.3. The van der Waals surface area contributed by atoms with Crippen LogP contribution in [0.25, 0.3) is 11.2 Å². The van der Waals surface area contributed by atoms with E-state index in [2.05, 4.69) is 50.4 Å². The number of nitrogens with one attached hydrogen (secondary N) is 5. The first kappa shape index (κ1) is 64.5. The van der Waals surface area contributed by atoms with Crippen LogP contribution in [0.2, 0.25) is 0 Å². The van der Waals surface area contributed by atoms with Crippen molar-refractivity contribution in [2.75, 3.05) is 50.1 Å². The number of nitrogen functional groups attached to an aromatic ring is 1. The fourth-order valence-electron chi connectivity index (χ4n) is 8.59. The lowest BCUT2D eigenvalue weighted by atomic mass is 9.87. The van der Waals surface area contributed by atoms with E-state index in [1.54, 1.807) is 0 Å². The average molecular weight is 1190 g/mol. The molecule has 0 aliphatic carbocycles. The van der Waals surface area contributed by atoms with Crippen molar-refractivity contribution < 1.29 is 90.1 Å². The Kier molecular flexibility index (Phi) is 25.5. The van der Waals surface area contributed by atoms with E-state index in [-0.39, 0.29) is 65.6 Å². The van der Waals surface area contributed by atoms with E-state index in [9.17, 15) is 67.5 Å². The van der Waals surface area contributed by atoms with Gasteiger partial charge in [-0.05, 0) is 25.7 Å². The maximum Gasteiger partial charge on any atom is 0.481 e. The Morgan fingerprint density at radius 3 is 2.23 bits per heavy atom. The highest BCUT2D eigenvalue weighted by atomic mass is 32.2. The van der Waals surface area contributed by atoms with E-state index in [0.717, 1.165) is 112 Å². The van der Waals surface area contributed by atoms with Crippen LogP contribution in [0.15, 0.2) is 12.7 Å². The summed E-state index contributed by atoms with van der Waals surface area (Å²) in [7, 11) is -16.5. The van der Waals surface area contributed by atoms with Gasteiger partial charge < -0.3 is 66.8 Å². The first-order valence-corrected chi connectivity index (χ1v) is 31.9. The normalized spacial score (nSPS) is 23.4. The number of carbonyl (C=O) groups is 5. The molecular formula is C43H73N10O19P3S2. The third kappa shape index (κ3) is 21.6. The summed E-state index contributed by atoms with van der Waals surface area (Å²) in [6, 6.07) is 0.348. The summed E-state index contributed by atoms with van der Waals surface area (Å²) in [5.74, 6) is -0.0592. The summed E-state index contributed by atoms with van der Waals surface area (Å²) in [6.45, 7) is 1.18. The van der Waals surface area contributed by atoms with Crippen molar-refractivity contribution >= 4 is 92.8 Å². The standard InChI is InChI=1S/C43H73N10O19P3S2/c1-43(2,24-69-75(66,67)72-74(64,65)68-22-28-36(71-73(61,62)63)35(57)41(70-28)53-26-50-34-38(44)48-25-49-39(34)53)37(58)40(59)47-19-17-31(55)46-20-21-76-32(56)16-10-8-6-4-3-5-7-9-13-18-45-30(54)15-12-11-14-29-33-27(23-77-29)51-42(60)52-33/h25-29,33,35-37,41,57-58H,3-24H2,1-2H3,(H,45,54)(H,46,55)(H,47,59)(H,64,65)(H,66,67)(H2,44,48,49)(H2,51,52,60)(H2,61,62,63)/t27-,28+,29-,33-,35+,36+,37-,41+/m0/s1. The third-order valence-electron chi connectivity index (χ3n) is 12.7. The van der Waals surface area contributed by atoms with Crippen LogP contribution in [-0.4, -0.2) is 164 Å². The molecule has 2 aromatic heterocycles. The van der Waals surface area contributed by atoms with E-state index in [0.29, 0.717) is 30.4 Å². The molecule has 5 heterocycles. The predicted molar refractivity (Wildman–Crippen MR) is 280 cm³/mol. The zero-order valence-corrected chi connectivity index (χ0v) is 47.2. The molecule has 29 nitrogen and oxygen atoms in total. The van der Waals surface area contributed by atoms with Gasteiger partial charge in [0.2, 0.25) is 17.7 Å². The molecule has 3 aliphatic rings. The molecule has 436 valence electrons. The number of aliphatic hydroxyl groups excluding tert-OH is 2. The van der Waals surface area contributed by atoms with E-state index >= 15 is 0 Å². The Morgan fingerprint density at radius 2 is 1.52 bits per heavy atom. The highest BCUT2D eigenvalue weighted by Gasteiger charge is 2.50. The number of nitrogens with two attached hydrogens (primary N) is 1. The van der Waals surface area contributed by atoms with Gasteiger partial charge in [-0.3, -0.25) is 37.3 Å². The van der Waals surface area contributed by atoms with Crippen molar-refractivity contribution in [2.45, 2.75) is 158 Å². The number of aromatic nitrogens is 4. The minimum atomic E-state index is -5.59.